The Morgan fingerprint density at radius 2 is 0.818 bits per heavy atom. The van der Waals surface area contributed by atoms with E-state index in [0.29, 0.717) is 0 Å². The van der Waals surface area contributed by atoms with Crippen LogP contribution in [0.2, 0.25) is 0 Å². The van der Waals surface area contributed by atoms with Crippen LogP contribution in [0.1, 0.15) is 63.5 Å². The van der Waals surface area contributed by atoms with Crippen molar-refractivity contribution < 1.29 is 8.83 Å². The molecule has 0 amide bonds. The van der Waals surface area contributed by atoms with Crippen LogP contribution < -0.4 is 0 Å². The van der Waals surface area contributed by atoms with Crippen LogP contribution in [-0.2, 0) is 12.8 Å². The summed E-state index contributed by atoms with van der Waals surface area (Å²) in [5.74, 6) is 0. The van der Waals surface area contributed by atoms with Gasteiger partial charge in [0.05, 0.1) is 0 Å². The number of benzene rings is 6. The summed E-state index contributed by atoms with van der Waals surface area (Å²) in [5.41, 5.74) is 13.6. The Labute approximate surface area is 259 Å². The van der Waals surface area contributed by atoms with Crippen LogP contribution in [-0.4, -0.2) is 0 Å². The summed E-state index contributed by atoms with van der Waals surface area (Å²) in [6.07, 6.45) is 9.85. The van der Waals surface area contributed by atoms with Crippen LogP contribution in [0.25, 0.3) is 77.3 Å². The summed E-state index contributed by atoms with van der Waals surface area (Å²) >= 11 is 0. The van der Waals surface area contributed by atoms with E-state index in [1.54, 1.807) is 0 Å². The molecule has 218 valence electrons. The standard InChI is InChI=1S/C42H38O2/c1-3-5-7-9-27-11-15-29(16-12-27)31-19-23-35-39-33(31)21-25-37-41(39)42-38(43-35)26-22-34-32(20-24-36(44-37)40(34)42)30-17-13-28(14-18-30)10-8-6-4-2/h11-26H,3-10H2,1-2H3. The molecule has 6 aromatic carbocycles. The molecule has 2 heteroatoms. The Kier molecular flexibility index (Phi) is 6.86. The van der Waals surface area contributed by atoms with Gasteiger partial charge in [0.2, 0.25) is 0 Å². The lowest BCUT2D eigenvalue weighted by atomic mass is 9.86. The van der Waals surface area contributed by atoms with Gasteiger partial charge in [0.25, 0.3) is 0 Å². The summed E-state index contributed by atoms with van der Waals surface area (Å²) in [6.45, 7) is 4.52. The van der Waals surface area contributed by atoms with E-state index in [1.807, 2.05) is 0 Å². The smallest absolute Gasteiger partial charge is 0.136 e. The van der Waals surface area contributed by atoms with Gasteiger partial charge < -0.3 is 8.83 Å². The summed E-state index contributed by atoms with van der Waals surface area (Å²) in [6, 6.07) is 35.7. The van der Waals surface area contributed by atoms with Gasteiger partial charge in [-0.3, -0.25) is 0 Å². The third kappa shape index (κ3) is 4.47. The van der Waals surface area contributed by atoms with Crippen molar-refractivity contribution in [1.82, 2.24) is 0 Å². The van der Waals surface area contributed by atoms with Gasteiger partial charge in [-0.15, -0.1) is 0 Å². The normalized spacial score (nSPS) is 12.1. The summed E-state index contributed by atoms with van der Waals surface area (Å²) < 4.78 is 13.3. The lowest BCUT2D eigenvalue weighted by molar-refractivity contribution is 0.646. The predicted octanol–water partition coefficient (Wildman–Crippen LogP) is 12.8. The summed E-state index contributed by atoms with van der Waals surface area (Å²) in [4.78, 5) is 0. The predicted molar refractivity (Wildman–Crippen MR) is 186 cm³/mol. The lowest BCUT2D eigenvalue weighted by Crippen LogP contribution is -1.96. The van der Waals surface area contributed by atoms with Crippen molar-refractivity contribution in [2.75, 3.05) is 0 Å². The average Bonchev–Trinajstić information content (AvgIpc) is 3.07. The molecule has 0 spiro atoms. The third-order valence-corrected chi connectivity index (χ3v) is 9.57. The van der Waals surface area contributed by atoms with E-state index < -0.39 is 0 Å². The van der Waals surface area contributed by atoms with E-state index in [-0.39, 0.29) is 0 Å². The minimum absolute atomic E-state index is 0.894. The molecular weight excluding hydrogens is 536 g/mol. The maximum Gasteiger partial charge on any atom is 0.136 e. The van der Waals surface area contributed by atoms with Crippen LogP contribution in [0.4, 0.5) is 0 Å². The van der Waals surface area contributed by atoms with Gasteiger partial charge in [0, 0.05) is 21.9 Å². The Morgan fingerprint density at radius 3 is 1.23 bits per heavy atom. The molecule has 0 fully saturated rings. The van der Waals surface area contributed by atoms with E-state index in [2.05, 4.69) is 111 Å². The highest BCUT2D eigenvalue weighted by molar-refractivity contribution is 6.26. The zero-order valence-corrected chi connectivity index (χ0v) is 25.7. The van der Waals surface area contributed by atoms with Gasteiger partial charge in [-0.1, -0.05) is 100 Å². The lowest BCUT2D eigenvalue weighted by Gasteiger charge is -2.21. The first-order chi connectivity index (χ1) is 21.7. The molecule has 6 aromatic rings. The molecular formula is C42H38O2. The zero-order valence-electron chi connectivity index (χ0n) is 25.7. The van der Waals surface area contributed by atoms with E-state index in [9.17, 15) is 0 Å². The maximum absolute atomic E-state index is 6.66. The molecule has 2 aliphatic heterocycles. The van der Waals surface area contributed by atoms with Crippen molar-refractivity contribution in [3.63, 3.8) is 0 Å². The average molecular weight is 575 g/mol. The second kappa shape index (κ2) is 11.2. The molecule has 0 aromatic heterocycles. The Morgan fingerprint density at radius 1 is 0.409 bits per heavy atom. The topological polar surface area (TPSA) is 26.3 Å². The molecule has 0 saturated carbocycles. The van der Waals surface area contributed by atoms with Crippen molar-refractivity contribution in [1.29, 1.82) is 0 Å². The van der Waals surface area contributed by atoms with Gasteiger partial charge in [-0.05, 0) is 106 Å². The SMILES string of the molecule is CCCCCc1ccc(-c2ccc3oc4ccc5c(-c6ccc(CCCCC)cc6)ccc6oc7ccc2c3c7-c4c65)cc1. The van der Waals surface area contributed by atoms with E-state index >= 15 is 0 Å². The number of rotatable bonds is 10. The molecule has 0 aliphatic carbocycles. The van der Waals surface area contributed by atoms with Crippen LogP contribution >= 0.6 is 0 Å². The third-order valence-electron chi connectivity index (χ3n) is 9.57. The van der Waals surface area contributed by atoms with E-state index in [4.69, 9.17) is 8.83 Å². The minimum atomic E-state index is 0.894. The molecule has 0 unspecified atom stereocenters. The van der Waals surface area contributed by atoms with Crippen molar-refractivity contribution in [3.8, 4) is 33.4 Å². The number of aryl methyl sites for hydroxylation is 2. The number of hydrogen-bond acceptors (Lipinski definition) is 2. The molecule has 2 aliphatic rings. The Balaban J connectivity index is 1.26. The fourth-order valence-corrected chi connectivity index (χ4v) is 7.23. The Hall–Kier alpha value is -4.56. The van der Waals surface area contributed by atoms with Crippen molar-refractivity contribution in [2.45, 2.75) is 65.2 Å². The van der Waals surface area contributed by atoms with Crippen molar-refractivity contribution in [2.24, 2.45) is 0 Å². The van der Waals surface area contributed by atoms with Gasteiger partial charge in [-0.25, -0.2) is 0 Å². The second-order valence-electron chi connectivity index (χ2n) is 12.5. The minimum Gasteiger partial charge on any atom is -0.456 e. The number of hydrogen-bond donors (Lipinski definition) is 0. The van der Waals surface area contributed by atoms with Gasteiger partial charge in [-0.2, -0.15) is 0 Å². The second-order valence-corrected chi connectivity index (χ2v) is 12.5. The monoisotopic (exact) mass is 574 g/mol. The zero-order chi connectivity index (χ0) is 29.6. The molecule has 0 N–H and O–H groups in total. The molecule has 2 heterocycles. The van der Waals surface area contributed by atoms with Crippen molar-refractivity contribution >= 4 is 43.9 Å². The summed E-state index contributed by atoms with van der Waals surface area (Å²) in [5, 5.41) is 4.67. The first-order valence-corrected chi connectivity index (χ1v) is 16.5. The van der Waals surface area contributed by atoms with Crippen molar-refractivity contribution in [3.05, 3.63) is 108 Å². The van der Waals surface area contributed by atoms with Gasteiger partial charge in [0.1, 0.15) is 22.3 Å². The number of unbranched alkanes of at least 4 members (excludes halogenated alkanes) is 4. The first kappa shape index (κ1) is 27.0. The molecule has 0 radical (unpaired) electrons. The highest BCUT2D eigenvalue weighted by Crippen LogP contribution is 2.50. The highest BCUT2D eigenvalue weighted by Gasteiger charge is 2.26. The first-order valence-electron chi connectivity index (χ1n) is 16.5. The van der Waals surface area contributed by atoms with Crippen LogP contribution in [0.15, 0.2) is 106 Å². The quantitative estimate of drug-likeness (QED) is 0.0922. The molecule has 0 atom stereocenters. The van der Waals surface area contributed by atoms with Crippen LogP contribution in [0.5, 0.6) is 0 Å². The van der Waals surface area contributed by atoms with E-state index in [1.165, 1.54) is 82.7 Å². The van der Waals surface area contributed by atoms with Crippen LogP contribution in [0, 0.1) is 0 Å². The fourth-order valence-electron chi connectivity index (χ4n) is 7.23. The molecule has 0 saturated heterocycles. The highest BCUT2D eigenvalue weighted by atomic mass is 16.3. The van der Waals surface area contributed by atoms with Gasteiger partial charge >= 0.3 is 0 Å². The van der Waals surface area contributed by atoms with Crippen LogP contribution in [0.3, 0.4) is 0 Å². The molecule has 2 nitrogen and oxygen atoms in total. The molecule has 0 bridgehead atoms. The van der Waals surface area contributed by atoms with Gasteiger partial charge in [0.15, 0.2) is 0 Å². The fraction of sp³-hybridized carbons (Fsp3) is 0.238. The summed E-state index contributed by atoms with van der Waals surface area (Å²) in [7, 11) is 0. The molecule has 8 rings (SSSR count). The maximum atomic E-state index is 6.66. The largest absolute Gasteiger partial charge is 0.456 e. The Bertz CT molecular complexity index is 2010. The molecule has 44 heavy (non-hydrogen) atoms. The van der Waals surface area contributed by atoms with E-state index in [0.717, 1.165) is 57.1 Å².